The quantitative estimate of drug-likeness (QED) is 0.385. The molecule has 10 nitrogen and oxygen atoms in total. The molecule has 0 unspecified atom stereocenters. The number of hydrogen-bond donors (Lipinski definition) is 3. The van der Waals surface area contributed by atoms with Crippen molar-refractivity contribution in [2.75, 3.05) is 30.3 Å². The van der Waals surface area contributed by atoms with E-state index in [9.17, 15) is 18.0 Å². The highest BCUT2D eigenvalue weighted by atomic mass is 35.5. The van der Waals surface area contributed by atoms with Crippen LogP contribution in [-0.2, 0) is 5.54 Å². The zero-order valence-electron chi connectivity index (χ0n) is 19.8. The summed E-state index contributed by atoms with van der Waals surface area (Å²) in [6.07, 6.45) is -3.03. The van der Waals surface area contributed by atoms with E-state index in [0.29, 0.717) is 29.4 Å². The Balaban J connectivity index is 1.36. The highest BCUT2D eigenvalue weighted by Gasteiger charge is 2.45. The van der Waals surface area contributed by atoms with Crippen molar-refractivity contribution in [1.82, 2.24) is 19.9 Å². The lowest BCUT2D eigenvalue weighted by Gasteiger charge is -2.19. The molecular formula is C24H22ClF3N8O2. The number of aliphatic imine (C=N–C) groups is 1. The summed E-state index contributed by atoms with van der Waals surface area (Å²) in [5.74, 6) is -0.119. The Morgan fingerprint density at radius 1 is 1.05 bits per heavy atom. The van der Waals surface area contributed by atoms with Gasteiger partial charge in [0.05, 0.1) is 12.1 Å². The van der Waals surface area contributed by atoms with Gasteiger partial charge in [-0.05, 0) is 54.8 Å². The molecule has 3 aromatic rings. The first-order valence-corrected chi connectivity index (χ1v) is 12.0. The van der Waals surface area contributed by atoms with Crippen molar-refractivity contribution < 1.29 is 22.7 Å². The predicted octanol–water partition coefficient (Wildman–Crippen LogP) is 4.08. The van der Waals surface area contributed by atoms with Crippen molar-refractivity contribution in [2.45, 2.75) is 24.6 Å². The number of amides is 1. The molecule has 0 atom stereocenters. The van der Waals surface area contributed by atoms with Crippen LogP contribution in [0.5, 0.6) is 6.01 Å². The molecule has 0 radical (unpaired) electrons. The Labute approximate surface area is 220 Å². The second-order valence-corrected chi connectivity index (χ2v) is 9.22. The number of guanidine groups is 1. The minimum absolute atomic E-state index is 0.0402. The Bertz CT molecular complexity index is 1360. The van der Waals surface area contributed by atoms with Gasteiger partial charge in [-0.1, -0.05) is 23.7 Å². The van der Waals surface area contributed by atoms with E-state index in [-0.39, 0.29) is 23.8 Å². The summed E-state index contributed by atoms with van der Waals surface area (Å²) < 4.78 is 43.1. The van der Waals surface area contributed by atoms with E-state index < -0.39 is 24.3 Å². The molecule has 1 aromatic heterocycles. The van der Waals surface area contributed by atoms with Crippen LogP contribution in [0, 0.1) is 0 Å². The monoisotopic (exact) mass is 546 g/mol. The first-order chi connectivity index (χ1) is 18.1. The molecule has 4 N–H and O–H groups in total. The Kier molecular flexibility index (Phi) is 6.69. The summed E-state index contributed by atoms with van der Waals surface area (Å²) in [6, 6.07) is 13.1. The highest BCUT2D eigenvalue weighted by Crippen LogP contribution is 2.48. The zero-order valence-corrected chi connectivity index (χ0v) is 20.6. The molecule has 1 aliphatic carbocycles. The first-order valence-electron chi connectivity index (χ1n) is 11.6. The number of ether oxygens (including phenoxy) is 1. The number of benzene rings is 2. The van der Waals surface area contributed by atoms with Gasteiger partial charge in [0, 0.05) is 22.8 Å². The van der Waals surface area contributed by atoms with Crippen LogP contribution in [-0.4, -0.2) is 57.6 Å². The molecule has 14 heteroatoms. The van der Waals surface area contributed by atoms with Crippen LogP contribution >= 0.6 is 11.6 Å². The smallest absolute Gasteiger partial charge is 0.422 e. The second kappa shape index (κ2) is 9.97. The summed E-state index contributed by atoms with van der Waals surface area (Å²) >= 11 is 6.00. The van der Waals surface area contributed by atoms with Gasteiger partial charge in [0.15, 0.2) is 12.6 Å². The molecule has 198 valence electrons. The number of aromatic nitrogens is 3. The van der Waals surface area contributed by atoms with Gasteiger partial charge in [0.2, 0.25) is 11.9 Å². The van der Waals surface area contributed by atoms with Crippen molar-refractivity contribution in [3.63, 3.8) is 0 Å². The molecule has 2 aliphatic rings. The van der Waals surface area contributed by atoms with E-state index in [0.717, 1.165) is 18.4 Å². The van der Waals surface area contributed by atoms with Crippen LogP contribution in [0.4, 0.5) is 30.8 Å². The highest BCUT2D eigenvalue weighted by molar-refractivity contribution is 6.30. The first kappa shape index (κ1) is 25.5. The molecule has 38 heavy (non-hydrogen) atoms. The molecule has 0 bridgehead atoms. The van der Waals surface area contributed by atoms with Crippen molar-refractivity contribution >= 4 is 41.1 Å². The largest absolute Gasteiger partial charge is 0.454 e. The van der Waals surface area contributed by atoms with Crippen LogP contribution in [0.1, 0.15) is 28.8 Å². The van der Waals surface area contributed by atoms with Crippen LogP contribution in [0.3, 0.4) is 0 Å². The molecule has 2 aromatic carbocycles. The van der Waals surface area contributed by atoms with Crippen LogP contribution in [0.25, 0.3) is 0 Å². The maximum Gasteiger partial charge on any atom is 0.422 e. The number of nitrogens with two attached hydrogens (primary N) is 1. The van der Waals surface area contributed by atoms with Gasteiger partial charge in [-0.3, -0.25) is 14.7 Å². The molecule has 0 spiro atoms. The van der Waals surface area contributed by atoms with Gasteiger partial charge in [0.1, 0.15) is 0 Å². The third-order valence-electron chi connectivity index (χ3n) is 5.98. The lowest BCUT2D eigenvalue weighted by molar-refractivity contribution is -0.154. The number of hydrogen-bond acceptors (Lipinski definition) is 9. The van der Waals surface area contributed by atoms with Crippen molar-refractivity contribution in [1.29, 1.82) is 0 Å². The molecule has 1 saturated carbocycles. The maximum absolute atomic E-state index is 12.8. The molecular weight excluding hydrogens is 525 g/mol. The number of nitrogens with one attached hydrogen (secondary N) is 2. The van der Waals surface area contributed by atoms with Crippen molar-refractivity contribution in [3.05, 3.63) is 64.7 Å². The second-order valence-electron chi connectivity index (χ2n) is 8.78. The number of carbonyl (C=O) groups is 1. The Hall–Kier alpha value is -4.13. The van der Waals surface area contributed by atoms with E-state index in [2.05, 4.69) is 30.6 Å². The van der Waals surface area contributed by atoms with Crippen LogP contribution < -0.4 is 21.1 Å². The number of halogens is 4. The Morgan fingerprint density at radius 2 is 1.74 bits per heavy atom. The third-order valence-corrected chi connectivity index (χ3v) is 6.24. The summed E-state index contributed by atoms with van der Waals surface area (Å²) in [6.45, 7) is -0.702. The average molecular weight is 547 g/mol. The van der Waals surface area contributed by atoms with Crippen molar-refractivity contribution in [3.8, 4) is 6.01 Å². The number of nitrogens with zero attached hydrogens (tertiary/aromatic N) is 5. The summed E-state index contributed by atoms with van der Waals surface area (Å²) in [4.78, 5) is 30.4. The van der Waals surface area contributed by atoms with Gasteiger partial charge in [0.25, 0.3) is 5.91 Å². The average Bonchev–Trinajstić information content (AvgIpc) is 3.53. The lowest BCUT2D eigenvalue weighted by Crippen LogP contribution is -2.38. The van der Waals surface area contributed by atoms with E-state index in [1.807, 2.05) is 12.1 Å². The van der Waals surface area contributed by atoms with E-state index in [1.54, 1.807) is 36.4 Å². The van der Waals surface area contributed by atoms with Gasteiger partial charge < -0.3 is 21.1 Å². The van der Waals surface area contributed by atoms with Gasteiger partial charge in [-0.2, -0.15) is 28.1 Å². The van der Waals surface area contributed by atoms with Crippen molar-refractivity contribution in [2.24, 2.45) is 10.7 Å². The molecule has 2 heterocycles. The van der Waals surface area contributed by atoms with Gasteiger partial charge >= 0.3 is 12.2 Å². The van der Waals surface area contributed by atoms with Crippen LogP contribution in [0.15, 0.2) is 53.5 Å². The zero-order chi connectivity index (χ0) is 26.9. The molecule has 5 rings (SSSR count). The summed E-state index contributed by atoms with van der Waals surface area (Å²) in [5, 5.41) is 6.72. The van der Waals surface area contributed by atoms with E-state index >= 15 is 0 Å². The standard InChI is InChI=1S/C24H22ClF3N8O2/c25-16-5-3-15(4-6-16)23(9-10-23)35-21-32-20(33-22(34-21)38-13-24(26,27)28)31-17-7-1-14(2-8-17)18(37)36-12-11-30-19(36)29/h1-8H,9-13H2,(H2,29,30)(H2,31,32,33,34,35). The fourth-order valence-electron chi connectivity index (χ4n) is 3.92. The van der Waals surface area contributed by atoms with Gasteiger partial charge in [-0.15, -0.1) is 0 Å². The minimum Gasteiger partial charge on any atom is -0.454 e. The normalized spacial score (nSPS) is 16.1. The molecule has 1 fully saturated rings. The molecule has 0 saturated heterocycles. The van der Waals surface area contributed by atoms with E-state index in [4.69, 9.17) is 22.1 Å². The number of carbonyl (C=O) groups excluding carboxylic acids is 1. The number of anilines is 3. The lowest BCUT2D eigenvalue weighted by atomic mass is 10.1. The minimum atomic E-state index is -4.57. The fourth-order valence-corrected chi connectivity index (χ4v) is 4.05. The fraction of sp³-hybridized carbons (Fsp3) is 0.292. The Morgan fingerprint density at radius 3 is 2.34 bits per heavy atom. The maximum atomic E-state index is 12.8. The molecule has 1 amide bonds. The number of rotatable bonds is 8. The van der Waals surface area contributed by atoms with Crippen LogP contribution in [0.2, 0.25) is 5.02 Å². The van der Waals surface area contributed by atoms with E-state index in [1.165, 1.54) is 4.90 Å². The topological polar surface area (TPSA) is 131 Å². The third kappa shape index (κ3) is 5.88. The van der Waals surface area contributed by atoms with Gasteiger partial charge in [-0.25, -0.2) is 0 Å². The summed E-state index contributed by atoms with van der Waals surface area (Å²) in [7, 11) is 0. The molecule has 1 aliphatic heterocycles. The summed E-state index contributed by atoms with van der Waals surface area (Å²) in [5.41, 5.74) is 7.09. The SMILES string of the molecule is NC1=NCCN1C(=O)c1ccc(Nc2nc(NC3(c4ccc(Cl)cc4)CC3)nc(OCC(F)(F)F)n2)cc1. The predicted molar refractivity (Wildman–Crippen MR) is 135 cm³/mol. The number of alkyl halides is 3.